The lowest BCUT2D eigenvalue weighted by molar-refractivity contribution is -0.136. The molecule has 17 heavy (non-hydrogen) atoms. The highest BCUT2D eigenvalue weighted by Gasteiger charge is 2.07. The maximum atomic E-state index is 10.7. The summed E-state index contributed by atoms with van der Waals surface area (Å²) < 4.78 is 5.16. The molecule has 2 aromatic rings. The van der Waals surface area contributed by atoms with Crippen molar-refractivity contribution < 1.29 is 14.6 Å². The minimum absolute atomic E-state index is 0.0633. The van der Waals surface area contributed by atoms with E-state index < -0.39 is 5.97 Å². The maximum Gasteiger partial charge on any atom is 0.307 e. The molecule has 0 bridgehead atoms. The van der Waals surface area contributed by atoms with Gasteiger partial charge in [0.1, 0.15) is 5.75 Å². The van der Waals surface area contributed by atoms with Crippen LogP contribution in [0.3, 0.4) is 0 Å². The van der Waals surface area contributed by atoms with Crippen molar-refractivity contribution in [3.63, 3.8) is 0 Å². The van der Waals surface area contributed by atoms with Gasteiger partial charge in [-0.05, 0) is 41.0 Å². The molecule has 0 heterocycles. The van der Waals surface area contributed by atoms with Crippen LogP contribution in [0.4, 0.5) is 0 Å². The molecule has 88 valence electrons. The Hall–Kier alpha value is -2.03. The largest absolute Gasteiger partial charge is 0.497 e. The Balaban J connectivity index is 2.56. The van der Waals surface area contributed by atoms with E-state index in [0.717, 1.165) is 27.6 Å². The Morgan fingerprint density at radius 2 is 2.06 bits per heavy atom. The van der Waals surface area contributed by atoms with Gasteiger partial charge >= 0.3 is 5.97 Å². The summed E-state index contributed by atoms with van der Waals surface area (Å²) in [7, 11) is 1.63. The first-order chi connectivity index (χ1) is 8.11. The van der Waals surface area contributed by atoms with Crippen LogP contribution < -0.4 is 4.74 Å². The van der Waals surface area contributed by atoms with E-state index in [1.807, 2.05) is 37.3 Å². The van der Waals surface area contributed by atoms with Crippen molar-refractivity contribution in [2.75, 3.05) is 7.11 Å². The molecule has 0 amide bonds. The Labute approximate surface area is 99.6 Å². The lowest BCUT2D eigenvalue weighted by Gasteiger charge is -2.09. The van der Waals surface area contributed by atoms with Gasteiger partial charge in [-0.1, -0.05) is 18.2 Å². The van der Waals surface area contributed by atoms with Gasteiger partial charge in [-0.2, -0.15) is 0 Å². The van der Waals surface area contributed by atoms with Crippen LogP contribution in [0.5, 0.6) is 5.75 Å². The third kappa shape index (κ3) is 2.23. The molecule has 0 radical (unpaired) electrons. The van der Waals surface area contributed by atoms with Crippen LogP contribution in [0.1, 0.15) is 11.1 Å². The second-order valence-electron chi connectivity index (χ2n) is 4.01. The first kappa shape index (κ1) is 11.5. The summed E-state index contributed by atoms with van der Waals surface area (Å²) in [5.74, 6) is 0.00356. The summed E-state index contributed by atoms with van der Waals surface area (Å²) in [5.41, 5.74) is 1.88. The van der Waals surface area contributed by atoms with Crippen molar-refractivity contribution in [3.05, 3.63) is 41.5 Å². The van der Waals surface area contributed by atoms with Crippen LogP contribution in [-0.2, 0) is 11.2 Å². The molecule has 3 heteroatoms. The van der Waals surface area contributed by atoms with Gasteiger partial charge in [0, 0.05) is 0 Å². The number of methoxy groups -OCH3 is 1. The molecule has 0 aromatic heterocycles. The highest BCUT2D eigenvalue weighted by atomic mass is 16.5. The van der Waals surface area contributed by atoms with Crippen molar-refractivity contribution in [3.8, 4) is 5.75 Å². The lowest BCUT2D eigenvalue weighted by Crippen LogP contribution is -2.02. The second kappa shape index (κ2) is 4.45. The predicted octanol–water partition coefficient (Wildman–Crippen LogP) is 2.78. The topological polar surface area (TPSA) is 46.5 Å². The van der Waals surface area contributed by atoms with E-state index in [1.54, 1.807) is 7.11 Å². The molecule has 0 aliphatic carbocycles. The second-order valence-corrected chi connectivity index (χ2v) is 4.01. The number of benzene rings is 2. The molecule has 0 aliphatic heterocycles. The molecule has 0 unspecified atom stereocenters. The van der Waals surface area contributed by atoms with Gasteiger partial charge < -0.3 is 9.84 Å². The Morgan fingerprint density at radius 1 is 1.29 bits per heavy atom. The number of hydrogen-bond donors (Lipinski definition) is 1. The van der Waals surface area contributed by atoms with Crippen LogP contribution in [-0.4, -0.2) is 18.2 Å². The lowest BCUT2D eigenvalue weighted by atomic mass is 9.98. The zero-order valence-corrected chi connectivity index (χ0v) is 9.86. The molecule has 2 aromatic carbocycles. The van der Waals surface area contributed by atoms with Gasteiger partial charge in [0.25, 0.3) is 0 Å². The number of aliphatic carboxylic acids is 1. The molecule has 0 aliphatic rings. The maximum absolute atomic E-state index is 10.7. The van der Waals surface area contributed by atoms with E-state index in [0.29, 0.717) is 0 Å². The quantitative estimate of drug-likeness (QED) is 0.881. The van der Waals surface area contributed by atoms with Gasteiger partial charge in [-0.3, -0.25) is 4.79 Å². The Kier molecular flexibility index (Phi) is 3.00. The summed E-state index contributed by atoms with van der Waals surface area (Å²) in [5, 5.41) is 11.0. The van der Waals surface area contributed by atoms with Crippen molar-refractivity contribution in [2.24, 2.45) is 0 Å². The number of ether oxygens (including phenoxy) is 1. The number of aryl methyl sites for hydroxylation is 1. The van der Waals surface area contributed by atoms with Crippen LogP contribution >= 0.6 is 0 Å². The molecule has 0 spiro atoms. The number of carboxylic acid groups (broad SMARTS) is 1. The molecule has 3 nitrogen and oxygen atoms in total. The fourth-order valence-electron chi connectivity index (χ4n) is 1.99. The van der Waals surface area contributed by atoms with Crippen molar-refractivity contribution in [1.82, 2.24) is 0 Å². The van der Waals surface area contributed by atoms with Crippen LogP contribution in [0.2, 0.25) is 0 Å². The first-order valence-corrected chi connectivity index (χ1v) is 5.40. The first-order valence-electron chi connectivity index (χ1n) is 5.40. The summed E-state index contributed by atoms with van der Waals surface area (Å²) in [4.78, 5) is 10.7. The predicted molar refractivity (Wildman–Crippen MR) is 66.6 cm³/mol. The third-order valence-corrected chi connectivity index (χ3v) is 2.95. The van der Waals surface area contributed by atoms with Crippen LogP contribution in [0.25, 0.3) is 10.8 Å². The summed E-state index contributed by atoms with van der Waals surface area (Å²) in [6, 6.07) is 9.61. The van der Waals surface area contributed by atoms with Gasteiger partial charge in [-0.15, -0.1) is 0 Å². The SMILES string of the molecule is COc1ccc2c(C)c(CC(=O)O)ccc2c1. The number of fused-ring (bicyclic) bond motifs is 1. The smallest absolute Gasteiger partial charge is 0.307 e. The van der Waals surface area contributed by atoms with Crippen molar-refractivity contribution in [1.29, 1.82) is 0 Å². The van der Waals surface area contributed by atoms with Gasteiger partial charge in [-0.25, -0.2) is 0 Å². The fourth-order valence-corrected chi connectivity index (χ4v) is 1.99. The van der Waals surface area contributed by atoms with E-state index in [4.69, 9.17) is 9.84 Å². The minimum atomic E-state index is -0.805. The van der Waals surface area contributed by atoms with Crippen LogP contribution in [0, 0.1) is 6.92 Å². The van der Waals surface area contributed by atoms with Gasteiger partial charge in [0.15, 0.2) is 0 Å². The molecular formula is C14H14O3. The number of hydrogen-bond acceptors (Lipinski definition) is 2. The Morgan fingerprint density at radius 3 is 2.71 bits per heavy atom. The monoisotopic (exact) mass is 230 g/mol. The summed E-state index contributed by atoms with van der Waals surface area (Å²) in [6.07, 6.45) is 0.0633. The van der Waals surface area contributed by atoms with E-state index in [9.17, 15) is 4.79 Å². The van der Waals surface area contributed by atoms with Crippen LogP contribution in [0.15, 0.2) is 30.3 Å². The zero-order valence-electron chi connectivity index (χ0n) is 9.86. The van der Waals surface area contributed by atoms with Crippen molar-refractivity contribution >= 4 is 16.7 Å². The molecule has 0 atom stereocenters. The van der Waals surface area contributed by atoms with E-state index in [-0.39, 0.29) is 6.42 Å². The van der Waals surface area contributed by atoms with E-state index >= 15 is 0 Å². The minimum Gasteiger partial charge on any atom is -0.497 e. The summed E-state index contributed by atoms with van der Waals surface area (Å²) >= 11 is 0. The third-order valence-electron chi connectivity index (χ3n) is 2.95. The van der Waals surface area contributed by atoms with Gasteiger partial charge in [0.2, 0.25) is 0 Å². The molecule has 1 N–H and O–H groups in total. The van der Waals surface area contributed by atoms with E-state index in [1.165, 1.54) is 0 Å². The van der Waals surface area contributed by atoms with Crippen molar-refractivity contribution in [2.45, 2.75) is 13.3 Å². The molecule has 0 fully saturated rings. The highest BCUT2D eigenvalue weighted by molar-refractivity contribution is 5.88. The summed E-state index contributed by atoms with van der Waals surface area (Å²) in [6.45, 7) is 1.95. The number of carboxylic acids is 1. The normalized spacial score (nSPS) is 10.5. The number of rotatable bonds is 3. The average Bonchev–Trinajstić information content (AvgIpc) is 2.32. The average molecular weight is 230 g/mol. The standard InChI is InChI=1S/C14H14O3/c1-9-10(8-14(15)16)3-4-11-7-12(17-2)5-6-13(9)11/h3-7H,8H2,1-2H3,(H,15,16). The fraction of sp³-hybridized carbons (Fsp3) is 0.214. The number of carbonyl (C=O) groups is 1. The van der Waals surface area contributed by atoms with E-state index in [2.05, 4.69) is 0 Å². The Bertz CT molecular complexity index is 573. The van der Waals surface area contributed by atoms with Gasteiger partial charge in [0.05, 0.1) is 13.5 Å². The molecule has 2 rings (SSSR count). The molecule has 0 saturated heterocycles. The molecular weight excluding hydrogens is 216 g/mol. The highest BCUT2D eigenvalue weighted by Crippen LogP contribution is 2.26. The zero-order chi connectivity index (χ0) is 12.4. The molecule has 0 saturated carbocycles.